The van der Waals surface area contributed by atoms with E-state index in [2.05, 4.69) is 17.1 Å². The molecule has 4 aliphatic rings. The first kappa shape index (κ1) is 11.0. The van der Waals surface area contributed by atoms with E-state index in [1.54, 1.807) is 0 Å². The van der Waals surface area contributed by atoms with Gasteiger partial charge in [-0.1, -0.05) is 19.8 Å². The summed E-state index contributed by atoms with van der Waals surface area (Å²) >= 11 is 0. The quantitative estimate of drug-likeness (QED) is 0.767. The van der Waals surface area contributed by atoms with Crippen molar-refractivity contribution in [1.82, 2.24) is 10.2 Å². The van der Waals surface area contributed by atoms with Crippen molar-refractivity contribution in [2.45, 2.75) is 57.5 Å². The molecule has 0 radical (unpaired) electrons. The van der Waals surface area contributed by atoms with Gasteiger partial charge in [0.15, 0.2) is 0 Å². The minimum absolute atomic E-state index is 0.804. The molecule has 4 rings (SSSR count). The Morgan fingerprint density at radius 1 is 1.19 bits per heavy atom. The molecule has 3 aliphatic heterocycles. The van der Waals surface area contributed by atoms with Crippen LogP contribution in [0.2, 0.25) is 0 Å². The second-order valence-corrected chi connectivity index (χ2v) is 6.20. The molecule has 92 valence electrons. The molecule has 4 fully saturated rings. The molecule has 2 bridgehead atoms. The second kappa shape index (κ2) is 4.66. The predicted octanol–water partition coefficient (Wildman–Crippen LogP) is 2.25. The lowest BCUT2D eigenvalue weighted by Gasteiger charge is -2.46. The summed E-state index contributed by atoms with van der Waals surface area (Å²) in [6, 6.07) is 1.62. The summed E-state index contributed by atoms with van der Waals surface area (Å²) in [4.78, 5) is 2.65. The Hall–Kier alpha value is -0.0800. The van der Waals surface area contributed by atoms with E-state index in [0.29, 0.717) is 0 Å². The average Bonchev–Trinajstić information content (AvgIpc) is 3.14. The van der Waals surface area contributed by atoms with Crippen molar-refractivity contribution in [1.29, 1.82) is 0 Å². The molecule has 0 aromatic carbocycles. The monoisotopic (exact) mass is 222 g/mol. The summed E-state index contributed by atoms with van der Waals surface area (Å²) in [7, 11) is 0. The number of piperidine rings is 3. The van der Waals surface area contributed by atoms with Gasteiger partial charge in [-0.3, -0.25) is 0 Å². The van der Waals surface area contributed by atoms with Crippen LogP contribution in [0.5, 0.6) is 0 Å². The zero-order chi connectivity index (χ0) is 11.0. The van der Waals surface area contributed by atoms with Crippen LogP contribution in [-0.4, -0.2) is 36.6 Å². The number of hydrogen-bond donors (Lipinski definition) is 1. The van der Waals surface area contributed by atoms with Crippen molar-refractivity contribution >= 4 is 0 Å². The molecular formula is C14H26N2. The van der Waals surface area contributed by atoms with Gasteiger partial charge in [-0.15, -0.1) is 0 Å². The van der Waals surface area contributed by atoms with Crippen molar-refractivity contribution in [3.05, 3.63) is 0 Å². The maximum atomic E-state index is 3.97. The minimum Gasteiger partial charge on any atom is -0.310 e. The summed E-state index contributed by atoms with van der Waals surface area (Å²) in [6.45, 7) is 6.40. The van der Waals surface area contributed by atoms with Gasteiger partial charge in [0, 0.05) is 18.6 Å². The molecule has 0 aromatic rings. The Morgan fingerprint density at radius 3 is 2.44 bits per heavy atom. The van der Waals surface area contributed by atoms with E-state index in [1.807, 2.05) is 0 Å². The SMILES string of the molecule is CCC(CC1CC1)NC1CN2CCC1CC2. The molecule has 3 heterocycles. The third-order valence-electron chi connectivity index (χ3n) is 4.91. The van der Waals surface area contributed by atoms with Crippen molar-refractivity contribution in [3.63, 3.8) is 0 Å². The Morgan fingerprint density at radius 2 is 1.94 bits per heavy atom. The van der Waals surface area contributed by atoms with Gasteiger partial charge in [-0.05, 0) is 50.6 Å². The molecular weight excluding hydrogens is 196 g/mol. The highest BCUT2D eigenvalue weighted by molar-refractivity contribution is 4.93. The second-order valence-electron chi connectivity index (χ2n) is 6.20. The Kier molecular flexibility index (Phi) is 3.21. The highest BCUT2D eigenvalue weighted by Gasteiger charge is 2.35. The molecule has 2 heteroatoms. The maximum Gasteiger partial charge on any atom is 0.0226 e. The van der Waals surface area contributed by atoms with Crippen LogP contribution in [0.1, 0.15) is 45.4 Å². The maximum absolute atomic E-state index is 3.97. The van der Waals surface area contributed by atoms with E-state index < -0.39 is 0 Å². The number of hydrogen-bond acceptors (Lipinski definition) is 2. The lowest BCUT2D eigenvalue weighted by Crippen LogP contribution is -2.58. The Balaban J connectivity index is 1.52. The van der Waals surface area contributed by atoms with Gasteiger partial charge in [0.25, 0.3) is 0 Å². The first-order chi connectivity index (χ1) is 7.85. The van der Waals surface area contributed by atoms with Crippen LogP contribution in [0, 0.1) is 11.8 Å². The molecule has 2 atom stereocenters. The topological polar surface area (TPSA) is 15.3 Å². The molecule has 2 nitrogen and oxygen atoms in total. The fourth-order valence-electron chi connectivity index (χ4n) is 3.57. The molecule has 0 amide bonds. The third-order valence-corrected chi connectivity index (χ3v) is 4.91. The number of fused-ring (bicyclic) bond motifs is 3. The van der Waals surface area contributed by atoms with Gasteiger partial charge >= 0.3 is 0 Å². The molecule has 16 heavy (non-hydrogen) atoms. The van der Waals surface area contributed by atoms with Gasteiger partial charge in [-0.25, -0.2) is 0 Å². The zero-order valence-corrected chi connectivity index (χ0v) is 10.6. The summed E-state index contributed by atoms with van der Waals surface area (Å²) in [5.41, 5.74) is 0. The summed E-state index contributed by atoms with van der Waals surface area (Å²) < 4.78 is 0. The van der Waals surface area contributed by atoms with E-state index in [1.165, 1.54) is 58.2 Å². The summed E-state index contributed by atoms with van der Waals surface area (Å²) in [6.07, 6.45) is 8.64. The Bertz CT molecular complexity index is 229. The highest BCUT2D eigenvalue weighted by atomic mass is 15.2. The van der Waals surface area contributed by atoms with E-state index in [0.717, 1.165) is 23.9 Å². The van der Waals surface area contributed by atoms with Gasteiger partial charge in [0.1, 0.15) is 0 Å². The normalized spacial score (nSPS) is 39.9. The third kappa shape index (κ3) is 2.43. The minimum atomic E-state index is 0.804. The first-order valence-corrected chi connectivity index (χ1v) is 7.33. The summed E-state index contributed by atoms with van der Waals surface area (Å²) in [5.74, 6) is 2.05. The zero-order valence-electron chi connectivity index (χ0n) is 10.6. The van der Waals surface area contributed by atoms with Crippen LogP contribution >= 0.6 is 0 Å². The van der Waals surface area contributed by atoms with E-state index in [4.69, 9.17) is 0 Å². The van der Waals surface area contributed by atoms with Crippen molar-refractivity contribution in [2.24, 2.45) is 11.8 Å². The fourth-order valence-corrected chi connectivity index (χ4v) is 3.57. The van der Waals surface area contributed by atoms with Crippen molar-refractivity contribution < 1.29 is 0 Å². The van der Waals surface area contributed by atoms with Gasteiger partial charge < -0.3 is 10.2 Å². The molecule has 3 saturated heterocycles. The van der Waals surface area contributed by atoms with Gasteiger partial charge in [0.05, 0.1) is 0 Å². The molecule has 1 saturated carbocycles. The number of nitrogens with zero attached hydrogens (tertiary/aromatic N) is 1. The molecule has 1 N–H and O–H groups in total. The molecule has 1 aliphatic carbocycles. The highest BCUT2D eigenvalue weighted by Crippen LogP contribution is 2.35. The van der Waals surface area contributed by atoms with E-state index in [9.17, 15) is 0 Å². The van der Waals surface area contributed by atoms with Crippen LogP contribution in [0.25, 0.3) is 0 Å². The first-order valence-electron chi connectivity index (χ1n) is 7.33. The predicted molar refractivity (Wildman–Crippen MR) is 67.5 cm³/mol. The fraction of sp³-hybridized carbons (Fsp3) is 1.00. The standard InChI is InChI=1S/C14H26N2/c1-2-13(9-11-3-4-11)15-14-10-16-7-5-12(14)6-8-16/h11-15H,2-10H2,1H3. The van der Waals surface area contributed by atoms with E-state index >= 15 is 0 Å². The number of nitrogens with one attached hydrogen (secondary N) is 1. The van der Waals surface area contributed by atoms with Crippen LogP contribution < -0.4 is 5.32 Å². The van der Waals surface area contributed by atoms with E-state index in [-0.39, 0.29) is 0 Å². The molecule has 0 aromatic heterocycles. The Labute approximate surface area is 99.8 Å². The molecule has 2 unspecified atom stereocenters. The largest absolute Gasteiger partial charge is 0.310 e. The van der Waals surface area contributed by atoms with Crippen LogP contribution in [0.15, 0.2) is 0 Å². The average molecular weight is 222 g/mol. The van der Waals surface area contributed by atoms with Gasteiger partial charge in [-0.2, -0.15) is 0 Å². The van der Waals surface area contributed by atoms with Crippen molar-refractivity contribution in [2.75, 3.05) is 19.6 Å². The molecule has 0 spiro atoms. The summed E-state index contributed by atoms with van der Waals surface area (Å²) in [5, 5.41) is 3.97. The van der Waals surface area contributed by atoms with Crippen LogP contribution in [0.3, 0.4) is 0 Å². The van der Waals surface area contributed by atoms with Crippen molar-refractivity contribution in [3.8, 4) is 0 Å². The number of rotatable bonds is 5. The van der Waals surface area contributed by atoms with Gasteiger partial charge in [0.2, 0.25) is 0 Å². The van der Waals surface area contributed by atoms with Crippen LogP contribution in [-0.2, 0) is 0 Å². The lowest BCUT2D eigenvalue weighted by atomic mass is 9.83. The smallest absolute Gasteiger partial charge is 0.0226 e. The lowest BCUT2D eigenvalue weighted by molar-refractivity contribution is 0.0657. The van der Waals surface area contributed by atoms with Crippen LogP contribution in [0.4, 0.5) is 0 Å².